The largest absolute Gasteiger partial charge is 0.480 e. The van der Waals surface area contributed by atoms with E-state index in [0.717, 1.165) is 4.68 Å². The maximum Gasteiger partial charge on any atom is 0.390 e. The van der Waals surface area contributed by atoms with Gasteiger partial charge in [0.25, 0.3) is 0 Å². The highest BCUT2D eigenvalue weighted by molar-refractivity contribution is 6.19. The van der Waals surface area contributed by atoms with Gasteiger partial charge >= 0.3 is 12.1 Å². The van der Waals surface area contributed by atoms with Crippen molar-refractivity contribution in [2.24, 2.45) is 0 Å². The van der Waals surface area contributed by atoms with Gasteiger partial charge in [-0.05, 0) is 19.1 Å². The fourth-order valence-corrected chi connectivity index (χ4v) is 3.28. The Labute approximate surface area is 165 Å². The molecule has 13 heteroatoms. The van der Waals surface area contributed by atoms with Gasteiger partial charge in [-0.1, -0.05) is 0 Å². The number of nitrogens with two attached hydrogens (primary N) is 1. The number of nitrogen functional groups attached to an aromatic ring is 1. The predicted molar refractivity (Wildman–Crippen MR) is 97.3 cm³/mol. The summed E-state index contributed by atoms with van der Waals surface area (Å²) in [5.74, 6) is -2.67. The van der Waals surface area contributed by atoms with Gasteiger partial charge in [0.1, 0.15) is 17.3 Å². The van der Waals surface area contributed by atoms with E-state index >= 15 is 0 Å². The number of rotatable bonds is 4. The molecule has 1 amide bonds. The minimum absolute atomic E-state index is 0.0788. The molecule has 3 aromatic heterocycles. The first-order valence-electron chi connectivity index (χ1n) is 8.64. The average molecular weight is 421 g/mol. The molecule has 1 aliphatic heterocycles. The van der Waals surface area contributed by atoms with Crippen LogP contribution in [0.1, 0.15) is 18.9 Å². The summed E-state index contributed by atoms with van der Waals surface area (Å²) >= 11 is 0. The lowest BCUT2D eigenvalue weighted by Crippen LogP contribution is -2.39. The molecule has 4 rings (SSSR count). The number of aryl methyl sites for hydroxylation is 1. The molecule has 1 unspecified atom stereocenters. The standard InChI is InChI=1S/C17H14F3N7O3/c1-16(15(29)30)8-10(21)23-12(24-11(8)25-14(16)28)9-7-3-2-5-22-13(7)27(26-9)6-4-17(18,19)20/h2-3,5H,4,6H2,1H3,(H,29,30)(H3,21,23,24,25,28). The number of aliphatic carboxylic acids is 1. The first-order chi connectivity index (χ1) is 14.0. The first kappa shape index (κ1) is 19.5. The van der Waals surface area contributed by atoms with Crippen LogP contribution in [0, 0.1) is 0 Å². The van der Waals surface area contributed by atoms with E-state index in [2.05, 4.69) is 25.4 Å². The summed E-state index contributed by atoms with van der Waals surface area (Å²) in [6.07, 6.45) is -4.08. The van der Waals surface area contributed by atoms with Gasteiger partial charge in [0.05, 0.1) is 23.9 Å². The number of hydrogen-bond donors (Lipinski definition) is 3. The Bertz CT molecular complexity index is 1210. The summed E-state index contributed by atoms with van der Waals surface area (Å²) in [5, 5.41) is 16.4. The Balaban J connectivity index is 1.85. The van der Waals surface area contributed by atoms with Crippen molar-refractivity contribution in [3.8, 4) is 11.5 Å². The molecule has 3 aromatic rings. The Morgan fingerprint density at radius 2 is 2.10 bits per heavy atom. The molecule has 1 aliphatic rings. The van der Waals surface area contributed by atoms with Crippen LogP contribution in [0.3, 0.4) is 0 Å². The number of fused-ring (bicyclic) bond motifs is 2. The molecule has 1 atom stereocenters. The second-order valence-electron chi connectivity index (χ2n) is 6.85. The van der Waals surface area contributed by atoms with Crippen molar-refractivity contribution >= 4 is 34.5 Å². The molecule has 156 valence electrons. The molecular weight excluding hydrogens is 407 g/mol. The molecule has 4 heterocycles. The molecule has 0 fully saturated rings. The number of nitrogens with one attached hydrogen (secondary N) is 1. The summed E-state index contributed by atoms with van der Waals surface area (Å²) in [4.78, 5) is 36.2. The van der Waals surface area contributed by atoms with Crippen molar-refractivity contribution in [3.63, 3.8) is 0 Å². The van der Waals surface area contributed by atoms with Crippen molar-refractivity contribution in [2.75, 3.05) is 11.1 Å². The van der Waals surface area contributed by atoms with Crippen LogP contribution in [0.4, 0.5) is 24.8 Å². The molecule has 4 N–H and O–H groups in total. The summed E-state index contributed by atoms with van der Waals surface area (Å²) in [6.45, 7) is 0.715. The maximum atomic E-state index is 12.7. The lowest BCUT2D eigenvalue weighted by Gasteiger charge is -2.16. The minimum Gasteiger partial charge on any atom is -0.480 e. The van der Waals surface area contributed by atoms with Gasteiger partial charge < -0.3 is 16.2 Å². The van der Waals surface area contributed by atoms with Gasteiger partial charge in [0, 0.05) is 6.20 Å². The summed E-state index contributed by atoms with van der Waals surface area (Å²) in [6, 6.07) is 3.16. The molecule has 10 nitrogen and oxygen atoms in total. The number of amides is 1. The van der Waals surface area contributed by atoms with E-state index in [9.17, 15) is 27.9 Å². The summed E-state index contributed by atoms with van der Waals surface area (Å²) < 4.78 is 39.1. The monoisotopic (exact) mass is 421 g/mol. The predicted octanol–water partition coefficient (Wildman–Crippen LogP) is 1.72. The Kier molecular flexibility index (Phi) is 4.15. The summed E-state index contributed by atoms with van der Waals surface area (Å²) in [5.41, 5.74) is 4.20. The van der Waals surface area contributed by atoms with Gasteiger partial charge in [-0.3, -0.25) is 9.59 Å². The number of carbonyl (C=O) groups is 2. The van der Waals surface area contributed by atoms with E-state index in [0.29, 0.717) is 5.39 Å². The second kappa shape index (κ2) is 6.37. The fraction of sp³-hybridized carbons (Fsp3) is 0.294. The number of carbonyl (C=O) groups excluding carboxylic acids is 1. The van der Waals surface area contributed by atoms with Crippen LogP contribution in [0.15, 0.2) is 18.3 Å². The van der Waals surface area contributed by atoms with Crippen molar-refractivity contribution < 1.29 is 27.9 Å². The zero-order chi connectivity index (χ0) is 21.8. The number of carboxylic acid groups (broad SMARTS) is 1. The molecule has 0 spiro atoms. The van der Waals surface area contributed by atoms with Crippen molar-refractivity contribution in [1.82, 2.24) is 24.7 Å². The normalized spacial score (nSPS) is 18.5. The number of alkyl halides is 3. The van der Waals surface area contributed by atoms with Gasteiger partial charge in [-0.2, -0.15) is 18.3 Å². The van der Waals surface area contributed by atoms with Crippen molar-refractivity contribution in [2.45, 2.75) is 31.5 Å². The smallest absolute Gasteiger partial charge is 0.390 e. The molecule has 0 bridgehead atoms. The van der Waals surface area contributed by atoms with Gasteiger partial charge in [-0.25, -0.2) is 19.6 Å². The Morgan fingerprint density at radius 1 is 1.37 bits per heavy atom. The highest BCUT2D eigenvalue weighted by Gasteiger charge is 2.52. The van der Waals surface area contributed by atoms with E-state index in [1.54, 1.807) is 12.1 Å². The maximum absolute atomic E-state index is 12.7. The Hall–Kier alpha value is -3.77. The van der Waals surface area contributed by atoms with Crippen LogP contribution >= 0.6 is 0 Å². The number of halogens is 3. The van der Waals surface area contributed by atoms with Crippen LogP contribution in [0.2, 0.25) is 0 Å². The van der Waals surface area contributed by atoms with Crippen LogP contribution in [-0.2, 0) is 21.5 Å². The highest BCUT2D eigenvalue weighted by atomic mass is 19.4. The van der Waals surface area contributed by atoms with Crippen LogP contribution in [0.5, 0.6) is 0 Å². The Morgan fingerprint density at radius 3 is 2.77 bits per heavy atom. The van der Waals surface area contributed by atoms with Gasteiger partial charge in [0.15, 0.2) is 16.9 Å². The lowest BCUT2D eigenvalue weighted by atomic mass is 9.85. The molecule has 30 heavy (non-hydrogen) atoms. The van der Waals surface area contributed by atoms with Crippen LogP contribution in [0.25, 0.3) is 22.6 Å². The van der Waals surface area contributed by atoms with Gasteiger partial charge in [0.2, 0.25) is 5.91 Å². The highest BCUT2D eigenvalue weighted by Crippen LogP contribution is 2.41. The number of aromatic nitrogens is 5. The van der Waals surface area contributed by atoms with E-state index in [4.69, 9.17) is 5.73 Å². The quantitative estimate of drug-likeness (QED) is 0.539. The SMILES string of the molecule is CC1(C(=O)O)C(=O)Nc2nc(-c3nn(CCC(F)(F)F)c4ncccc34)nc(N)c21. The number of hydrogen-bond acceptors (Lipinski definition) is 7. The average Bonchev–Trinajstić information content (AvgIpc) is 3.16. The number of nitrogens with zero attached hydrogens (tertiary/aromatic N) is 5. The number of pyridine rings is 1. The second-order valence-corrected chi connectivity index (χ2v) is 6.85. The van der Waals surface area contributed by atoms with E-state index in [1.165, 1.54) is 13.1 Å². The molecule has 0 aliphatic carbocycles. The van der Waals surface area contributed by atoms with Crippen molar-refractivity contribution in [3.05, 3.63) is 23.9 Å². The topological polar surface area (TPSA) is 149 Å². The van der Waals surface area contributed by atoms with Crippen molar-refractivity contribution in [1.29, 1.82) is 0 Å². The number of carboxylic acids is 1. The molecule has 0 saturated heterocycles. The molecule has 0 radical (unpaired) electrons. The summed E-state index contributed by atoms with van der Waals surface area (Å²) in [7, 11) is 0. The lowest BCUT2D eigenvalue weighted by molar-refractivity contribution is -0.146. The zero-order valence-electron chi connectivity index (χ0n) is 15.4. The third-order valence-corrected chi connectivity index (χ3v) is 4.88. The minimum atomic E-state index is -4.38. The molecular formula is C17H14F3N7O3. The third-order valence-electron chi connectivity index (χ3n) is 4.88. The number of anilines is 2. The fourth-order valence-electron chi connectivity index (χ4n) is 3.28. The molecule has 0 aromatic carbocycles. The van der Waals surface area contributed by atoms with E-state index in [1.807, 2.05) is 0 Å². The third kappa shape index (κ3) is 2.89. The first-order valence-corrected chi connectivity index (χ1v) is 8.64. The van der Waals surface area contributed by atoms with E-state index in [-0.39, 0.29) is 34.4 Å². The van der Waals surface area contributed by atoms with Gasteiger partial charge in [-0.15, -0.1) is 0 Å². The van der Waals surface area contributed by atoms with E-state index < -0.39 is 36.4 Å². The van der Waals surface area contributed by atoms with Crippen LogP contribution in [-0.4, -0.2) is 47.9 Å². The zero-order valence-corrected chi connectivity index (χ0v) is 15.4. The van der Waals surface area contributed by atoms with Crippen LogP contribution < -0.4 is 11.1 Å². The molecule has 0 saturated carbocycles.